The molecule has 0 saturated heterocycles. The van der Waals surface area contributed by atoms with Crippen molar-refractivity contribution in [3.63, 3.8) is 0 Å². The second-order valence-electron chi connectivity index (χ2n) is 3.85. The standard InChI is InChI=1S/C10H20N4O2/c1-8(9(2)15)12-10(16)14(11-3)7-6-13(4)5/h8H,3,6-7H2,1-2,4-5H3,(H,12,16)/t8-/m0/s1. The number of urea groups is 1. The van der Waals surface area contributed by atoms with Crippen LogP contribution in [-0.2, 0) is 4.79 Å². The fourth-order valence-electron chi connectivity index (χ4n) is 0.893. The molecule has 0 spiro atoms. The Morgan fingerprint density at radius 2 is 1.94 bits per heavy atom. The van der Waals surface area contributed by atoms with E-state index in [1.54, 1.807) is 6.92 Å². The molecule has 0 rings (SSSR count). The van der Waals surface area contributed by atoms with Crippen LogP contribution in [0.3, 0.4) is 0 Å². The lowest BCUT2D eigenvalue weighted by atomic mass is 10.2. The van der Waals surface area contributed by atoms with Gasteiger partial charge in [0.1, 0.15) is 0 Å². The Kier molecular flexibility index (Phi) is 6.32. The highest BCUT2D eigenvalue weighted by Crippen LogP contribution is 1.93. The number of amides is 2. The van der Waals surface area contributed by atoms with E-state index in [0.29, 0.717) is 13.1 Å². The van der Waals surface area contributed by atoms with Crippen LogP contribution in [0.1, 0.15) is 13.8 Å². The van der Waals surface area contributed by atoms with Crippen molar-refractivity contribution in [2.24, 2.45) is 5.10 Å². The smallest absolute Gasteiger partial charge is 0.327 e. The van der Waals surface area contributed by atoms with Crippen LogP contribution in [0, 0.1) is 0 Å². The fourth-order valence-corrected chi connectivity index (χ4v) is 0.893. The SMILES string of the molecule is C=NN(CCN(C)C)C(=O)N[C@@H](C)C(C)=O. The number of nitrogens with one attached hydrogen (secondary N) is 1. The molecule has 0 aliphatic heterocycles. The number of carbonyl (C=O) groups excluding carboxylic acids is 2. The summed E-state index contributed by atoms with van der Waals surface area (Å²) in [5.74, 6) is -0.0926. The van der Waals surface area contributed by atoms with E-state index < -0.39 is 12.1 Å². The van der Waals surface area contributed by atoms with Gasteiger partial charge in [0.25, 0.3) is 0 Å². The quantitative estimate of drug-likeness (QED) is 0.520. The molecular weight excluding hydrogens is 208 g/mol. The molecule has 2 amide bonds. The molecule has 0 unspecified atom stereocenters. The zero-order chi connectivity index (χ0) is 12.7. The fraction of sp³-hybridized carbons (Fsp3) is 0.700. The van der Waals surface area contributed by atoms with Crippen molar-refractivity contribution in [1.82, 2.24) is 15.2 Å². The third kappa shape index (κ3) is 5.45. The Morgan fingerprint density at radius 1 is 1.38 bits per heavy atom. The van der Waals surface area contributed by atoms with Gasteiger partial charge in [-0.05, 0) is 27.9 Å². The molecule has 6 nitrogen and oxygen atoms in total. The van der Waals surface area contributed by atoms with Crippen molar-refractivity contribution < 1.29 is 9.59 Å². The van der Waals surface area contributed by atoms with Gasteiger partial charge in [-0.1, -0.05) is 0 Å². The molecule has 1 atom stereocenters. The van der Waals surface area contributed by atoms with Gasteiger partial charge in [0.15, 0.2) is 5.78 Å². The minimum absolute atomic E-state index is 0.0926. The molecular formula is C10H20N4O2. The molecule has 0 aromatic rings. The minimum atomic E-state index is -0.504. The highest BCUT2D eigenvalue weighted by atomic mass is 16.2. The number of hydrazone groups is 1. The number of Topliss-reactive ketones (excluding diaryl/α,β-unsaturated/α-hetero) is 1. The molecule has 6 heteroatoms. The predicted octanol–water partition coefficient (Wildman–Crippen LogP) is 0.153. The number of hydrogen-bond acceptors (Lipinski definition) is 4. The summed E-state index contributed by atoms with van der Waals surface area (Å²) in [7, 11) is 3.80. The van der Waals surface area contributed by atoms with Gasteiger partial charge in [-0.25, -0.2) is 9.80 Å². The van der Waals surface area contributed by atoms with E-state index in [1.807, 2.05) is 19.0 Å². The van der Waals surface area contributed by atoms with Crippen molar-refractivity contribution in [2.75, 3.05) is 27.2 Å². The van der Waals surface area contributed by atoms with E-state index in [2.05, 4.69) is 17.1 Å². The summed E-state index contributed by atoms with van der Waals surface area (Å²) in [4.78, 5) is 24.5. The zero-order valence-corrected chi connectivity index (χ0v) is 10.4. The van der Waals surface area contributed by atoms with Crippen molar-refractivity contribution in [3.8, 4) is 0 Å². The molecule has 0 heterocycles. The first-order chi connectivity index (χ1) is 7.38. The number of nitrogens with zero attached hydrogens (tertiary/aromatic N) is 3. The van der Waals surface area contributed by atoms with Crippen LogP contribution in [0.25, 0.3) is 0 Å². The van der Waals surface area contributed by atoms with Crippen LogP contribution in [-0.4, -0.2) is 61.7 Å². The number of carbonyl (C=O) groups is 2. The Morgan fingerprint density at radius 3 is 2.31 bits per heavy atom. The van der Waals surface area contributed by atoms with E-state index in [-0.39, 0.29) is 5.78 Å². The minimum Gasteiger partial charge on any atom is -0.327 e. The van der Waals surface area contributed by atoms with E-state index in [0.717, 1.165) is 0 Å². The molecule has 0 aromatic heterocycles. The first-order valence-corrected chi connectivity index (χ1v) is 5.08. The molecule has 0 saturated carbocycles. The van der Waals surface area contributed by atoms with Crippen LogP contribution < -0.4 is 5.32 Å². The monoisotopic (exact) mass is 228 g/mol. The largest absolute Gasteiger partial charge is 0.338 e. The van der Waals surface area contributed by atoms with Crippen LogP contribution >= 0.6 is 0 Å². The first kappa shape index (κ1) is 14.6. The second kappa shape index (κ2) is 6.95. The Bertz CT molecular complexity index is 266. The lowest BCUT2D eigenvalue weighted by Gasteiger charge is -2.21. The summed E-state index contributed by atoms with van der Waals surface area (Å²) in [5, 5.41) is 7.35. The van der Waals surface area contributed by atoms with Gasteiger partial charge in [0, 0.05) is 13.3 Å². The third-order valence-electron chi connectivity index (χ3n) is 2.11. The van der Waals surface area contributed by atoms with Gasteiger partial charge in [-0.3, -0.25) is 4.79 Å². The molecule has 0 bridgehead atoms. The van der Waals surface area contributed by atoms with Crippen LogP contribution in [0.2, 0.25) is 0 Å². The summed E-state index contributed by atoms with van der Waals surface area (Å²) in [6, 6.07) is -0.907. The summed E-state index contributed by atoms with van der Waals surface area (Å²) >= 11 is 0. The Balaban J connectivity index is 4.20. The number of rotatable bonds is 6. The van der Waals surface area contributed by atoms with Gasteiger partial charge in [-0.2, -0.15) is 5.10 Å². The maximum atomic E-state index is 11.6. The van der Waals surface area contributed by atoms with E-state index in [9.17, 15) is 9.59 Å². The first-order valence-electron chi connectivity index (χ1n) is 5.08. The topological polar surface area (TPSA) is 65.0 Å². The van der Waals surface area contributed by atoms with Crippen LogP contribution in [0.4, 0.5) is 4.79 Å². The Hall–Kier alpha value is -1.43. The van der Waals surface area contributed by atoms with Gasteiger partial charge >= 0.3 is 6.03 Å². The maximum Gasteiger partial charge on any atom is 0.338 e. The molecule has 0 aliphatic carbocycles. The van der Waals surface area contributed by atoms with E-state index >= 15 is 0 Å². The lowest BCUT2D eigenvalue weighted by molar-refractivity contribution is -0.118. The van der Waals surface area contributed by atoms with Crippen molar-refractivity contribution in [3.05, 3.63) is 0 Å². The molecule has 0 fully saturated rings. The number of ketones is 1. The highest BCUT2D eigenvalue weighted by Gasteiger charge is 2.16. The van der Waals surface area contributed by atoms with E-state index in [1.165, 1.54) is 11.9 Å². The van der Waals surface area contributed by atoms with Crippen molar-refractivity contribution in [1.29, 1.82) is 0 Å². The Labute approximate surface area is 96.3 Å². The molecule has 0 aliphatic rings. The van der Waals surface area contributed by atoms with E-state index in [4.69, 9.17) is 0 Å². The summed E-state index contributed by atoms with van der Waals surface area (Å²) in [6.45, 7) is 7.50. The van der Waals surface area contributed by atoms with Gasteiger partial charge < -0.3 is 10.2 Å². The average Bonchev–Trinajstić information content (AvgIpc) is 2.17. The molecule has 1 N–H and O–H groups in total. The molecule has 0 radical (unpaired) electrons. The normalized spacial score (nSPS) is 12.1. The number of hydrogen-bond donors (Lipinski definition) is 1. The maximum absolute atomic E-state index is 11.6. The van der Waals surface area contributed by atoms with Gasteiger partial charge in [0.05, 0.1) is 12.6 Å². The molecule has 92 valence electrons. The molecule has 16 heavy (non-hydrogen) atoms. The third-order valence-corrected chi connectivity index (χ3v) is 2.11. The average molecular weight is 228 g/mol. The molecule has 0 aromatic carbocycles. The zero-order valence-electron chi connectivity index (χ0n) is 10.4. The highest BCUT2D eigenvalue weighted by molar-refractivity contribution is 5.86. The van der Waals surface area contributed by atoms with Gasteiger partial charge in [-0.15, -0.1) is 0 Å². The van der Waals surface area contributed by atoms with Crippen molar-refractivity contribution >= 4 is 18.5 Å². The van der Waals surface area contributed by atoms with Crippen molar-refractivity contribution in [2.45, 2.75) is 19.9 Å². The second-order valence-corrected chi connectivity index (χ2v) is 3.85. The summed E-state index contributed by atoms with van der Waals surface area (Å²) < 4.78 is 0. The van der Waals surface area contributed by atoms with Crippen LogP contribution in [0.5, 0.6) is 0 Å². The summed E-state index contributed by atoms with van der Waals surface area (Å²) in [6.07, 6.45) is 0. The van der Waals surface area contributed by atoms with Gasteiger partial charge in [0.2, 0.25) is 0 Å². The number of likely N-dealkylation sites (N-methyl/N-ethyl adjacent to an activating group) is 1. The van der Waals surface area contributed by atoms with Crippen LogP contribution in [0.15, 0.2) is 5.10 Å². The predicted molar refractivity (Wildman–Crippen MR) is 63.5 cm³/mol. The lowest BCUT2D eigenvalue weighted by Crippen LogP contribution is -2.45. The summed E-state index contributed by atoms with van der Waals surface area (Å²) in [5.41, 5.74) is 0.